The Morgan fingerprint density at radius 3 is 1.56 bits per heavy atom. The van der Waals surface area contributed by atoms with Gasteiger partial charge in [-0.25, -0.2) is 0 Å². The number of hydrogen-bond donors (Lipinski definition) is 3. The van der Waals surface area contributed by atoms with Crippen molar-refractivity contribution in [2.45, 2.75) is 30.3 Å². The van der Waals surface area contributed by atoms with E-state index >= 15 is 9.13 Å². The molecule has 7 nitrogen and oxygen atoms in total. The summed E-state index contributed by atoms with van der Waals surface area (Å²) in [5.74, 6) is -0.872. The van der Waals surface area contributed by atoms with Crippen molar-refractivity contribution < 1.29 is 33.9 Å². The van der Waals surface area contributed by atoms with Crippen LogP contribution in [0.5, 0.6) is 0 Å². The number of ether oxygens (including phenoxy) is 2. The van der Waals surface area contributed by atoms with Gasteiger partial charge in [0.2, 0.25) is 0 Å². The minimum absolute atomic E-state index is 0.0497. The second-order valence-corrected chi connectivity index (χ2v) is 21.5. The maximum atomic E-state index is 15.4. The highest BCUT2D eigenvalue weighted by Gasteiger charge is 2.50. The Morgan fingerprint density at radius 2 is 1.05 bits per heavy atom. The topological polar surface area (TPSA) is 113 Å². The van der Waals surface area contributed by atoms with Crippen LogP contribution in [-0.4, -0.2) is 60.2 Å². The van der Waals surface area contributed by atoms with Crippen LogP contribution in [0.1, 0.15) is 39.8 Å². The summed E-state index contributed by atoms with van der Waals surface area (Å²) in [6.45, 7) is -0.172. The minimum atomic E-state index is -3.47. The van der Waals surface area contributed by atoms with Crippen LogP contribution in [0.15, 0.2) is 181 Å². The van der Waals surface area contributed by atoms with E-state index < -0.39 is 38.0 Å². The quantitative estimate of drug-likeness (QED) is 0.0891. The number of hydrogen-bond acceptors (Lipinski definition) is 7. The molecule has 0 heterocycles. The van der Waals surface area contributed by atoms with Crippen molar-refractivity contribution in [1.29, 1.82) is 0 Å². The summed E-state index contributed by atoms with van der Waals surface area (Å²) in [4.78, 5) is 0. The van der Waals surface area contributed by atoms with E-state index in [-0.39, 0.29) is 31.1 Å². The minimum Gasteiger partial charge on any atom is -0.388 e. The van der Waals surface area contributed by atoms with Crippen molar-refractivity contribution in [1.82, 2.24) is 0 Å². The fourth-order valence-corrected chi connectivity index (χ4v) is 14.7. The molecule has 0 fully saturated rings. The molecule has 310 valence electrons. The number of aliphatic hydroxyl groups excluding tert-OH is 2. The van der Waals surface area contributed by atoms with E-state index in [4.69, 9.17) is 9.47 Å². The smallest absolute Gasteiger partial charge is 0.146 e. The number of fused-ring (bicyclic) bond motifs is 2. The molecule has 1 aliphatic carbocycles. The SMILES string of the molecule is COCc1c(C(O)CP(=O)(c2ccccc2)c2ccccc2)cc2ccccc2c1C1c2ccccc2C=C(C(O)CP(=O)(c2ccccc2)c2ccccc2)C1(O)COC. The first-order chi connectivity index (χ1) is 29.6. The lowest BCUT2D eigenvalue weighted by molar-refractivity contribution is -0.0278. The van der Waals surface area contributed by atoms with Crippen LogP contribution in [0.2, 0.25) is 0 Å². The highest BCUT2D eigenvalue weighted by Crippen LogP contribution is 2.54. The van der Waals surface area contributed by atoms with E-state index in [9.17, 15) is 15.3 Å². The zero-order valence-electron chi connectivity index (χ0n) is 34.3. The molecule has 4 unspecified atom stereocenters. The molecule has 0 amide bonds. The van der Waals surface area contributed by atoms with Crippen LogP contribution >= 0.6 is 14.3 Å². The van der Waals surface area contributed by atoms with Crippen molar-refractivity contribution >= 4 is 52.4 Å². The Bertz CT molecular complexity index is 2660. The Hall–Kier alpha value is -5.20. The average molecular weight is 849 g/mol. The second-order valence-electron chi connectivity index (χ2n) is 15.7. The predicted octanol–water partition coefficient (Wildman–Crippen LogP) is 8.32. The van der Waals surface area contributed by atoms with Gasteiger partial charge in [0.25, 0.3) is 0 Å². The maximum absolute atomic E-state index is 15.4. The second kappa shape index (κ2) is 18.0. The Balaban J connectivity index is 1.32. The summed E-state index contributed by atoms with van der Waals surface area (Å²) in [5.41, 5.74) is 1.76. The van der Waals surface area contributed by atoms with Crippen molar-refractivity contribution in [3.05, 3.63) is 209 Å². The summed E-state index contributed by atoms with van der Waals surface area (Å²) in [6.07, 6.45) is -1.06. The summed E-state index contributed by atoms with van der Waals surface area (Å²) < 4.78 is 42.7. The standard InChI is InChI=1S/C52H50O7P2/c1-58-33-46-45(48(53)34-60(56,39-21-7-3-8-22-39)40-23-9-4-10-24-40)31-37-19-15-17-29-43(37)50(46)51-44-30-18-16-20-38(44)32-47(52(51,55)36-59-2)49(54)35-61(57,41-25-11-5-12-26-41)42-27-13-6-14-28-42/h3-32,48-49,51,53-55H,33-36H2,1-2H3. The molecule has 0 aromatic heterocycles. The van der Waals surface area contributed by atoms with Gasteiger partial charge in [0.05, 0.1) is 25.4 Å². The first-order valence-corrected chi connectivity index (χ1v) is 24.2. The summed E-state index contributed by atoms with van der Waals surface area (Å²) in [7, 11) is -3.78. The third-order valence-corrected chi connectivity index (χ3v) is 18.3. The largest absolute Gasteiger partial charge is 0.388 e. The third kappa shape index (κ3) is 8.05. The van der Waals surface area contributed by atoms with Gasteiger partial charge in [0, 0.05) is 53.7 Å². The monoisotopic (exact) mass is 848 g/mol. The molecule has 0 bridgehead atoms. The lowest BCUT2D eigenvalue weighted by Crippen LogP contribution is -2.49. The normalized spacial score (nSPS) is 17.7. The van der Waals surface area contributed by atoms with Gasteiger partial charge in [0.15, 0.2) is 0 Å². The molecular formula is C52H50O7P2. The third-order valence-electron chi connectivity index (χ3n) is 12.0. The fourth-order valence-electron chi connectivity index (χ4n) is 9.24. The Morgan fingerprint density at radius 1 is 0.590 bits per heavy atom. The molecule has 1 aliphatic rings. The molecule has 7 aromatic carbocycles. The Labute approximate surface area is 357 Å². The molecule has 0 radical (unpaired) electrons. The molecule has 0 spiro atoms. The van der Waals surface area contributed by atoms with E-state index in [1.165, 1.54) is 7.11 Å². The zero-order valence-corrected chi connectivity index (χ0v) is 36.0. The van der Waals surface area contributed by atoms with Gasteiger partial charge in [-0.1, -0.05) is 170 Å². The van der Waals surface area contributed by atoms with Gasteiger partial charge >= 0.3 is 0 Å². The number of rotatable bonds is 15. The van der Waals surface area contributed by atoms with Crippen molar-refractivity contribution in [3.8, 4) is 0 Å². The number of benzene rings is 7. The fraction of sp³-hybridized carbons (Fsp3) is 0.192. The van der Waals surface area contributed by atoms with Crippen molar-refractivity contribution in [2.75, 3.05) is 33.2 Å². The molecule has 9 heteroatoms. The van der Waals surface area contributed by atoms with Gasteiger partial charge in [0.1, 0.15) is 19.9 Å². The van der Waals surface area contributed by atoms with Crippen LogP contribution in [0, 0.1) is 0 Å². The van der Waals surface area contributed by atoms with Gasteiger partial charge in [-0.05, 0) is 56.3 Å². The van der Waals surface area contributed by atoms with Crippen molar-refractivity contribution in [3.63, 3.8) is 0 Å². The predicted molar refractivity (Wildman–Crippen MR) is 248 cm³/mol. The number of aliphatic hydroxyl groups is 3. The van der Waals surface area contributed by atoms with Crippen molar-refractivity contribution in [2.24, 2.45) is 0 Å². The summed E-state index contributed by atoms with van der Waals surface area (Å²) in [5, 5.41) is 42.8. The number of methoxy groups -OCH3 is 2. The first kappa shape index (κ1) is 42.5. The molecule has 8 rings (SSSR count). The van der Waals surface area contributed by atoms with Crippen LogP contribution in [0.4, 0.5) is 0 Å². The van der Waals surface area contributed by atoms with Crippen LogP contribution in [0.3, 0.4) is 0 Å². The molecule has 0 aliphatic heterocycles. The van der Waals surface area contributed by atoms with Crippen LogP contribution in [-0.2, 0) is 25.2 Å². The van der Waals surface area contributed by atoms with E-state index in [1.807, 2.05) is 182 Å². The van der Waals surface area contributed by atoms with E-state index in [0.29, 0.717) is 37.9 Å². The van der Waals surface area contributed by atoms with E-state index in [1.54, 1.807) is 7.11 Å². The van der Waals surface area contributed by atoms with Gasteiger partial charge in [-0.3, -0.25) is 0 Å². The lowest BCUT2D eigenvalue weighted by Gasteiger charge is -2.45. The summed E-state index contributed by atoms with van der Waals surface area (Å²) >= 11 is 0. The average Bonchev–Trinajstić information content (AvgIpc) is 3.30. The molecule has 0 saturated carbocycles. The van der Waals surface area contributed by atoms with Gasteiger partial charge in [-0.15, -0.1) is 0 Å². The maximum Gasteiger partial charge on any atom is 0.146 e. The van der Waals surface area contributed by atoms with Gasteiger partial charge < -0.3 is 33.9 Å². The first-order valence-electron chi connectivity index (χ1n) is 20.4. The molecule has 0 saturated heterocycles. The van der Waals surface area contributed by atoms with Crippen LogP contribution < -0.4 is 21.2 Å². The zero-order chi connectivity index (χ0) is 42.6. The van der Waals surface area contributed by atoms with Crippen LogP contribution in [0.25, 0.3) is 16.8 Å². The molecule has 3 N–H and O–H groups in total. The summed E-state index contributed by atoms with van der Waals surface area (Å²) in [6, 6.07) is 54.5. The molecule has 61 heavy (non-hydrogen) atoms. The highest BCUT2D eigenvalue weighted by molar-refractivity contribution is 7.79. The van der Waals surface area contributed by atoms with Gasteiger partial charge in [-0.2, -0.15) is 0 Å². The lowest BCUT2D eigenvalue weighted by atomic mass is 9.65. The van der Waals surface area contributed by atoms with E-state index in [2.05, 4.69) is 0 Å². The molecule has 7 aromatic rings. The molecule has 4 atom stereocenters. The van der Waals surface area contributed by atoms with E-state index in [0.717, 1.165) is 21.9 Å². The molecular weight excluding hydrogens is 799 g/mol. The Kier molecular flexibility index (Phi) is 12.6. The highest BCUT2D eigenvalue weighted by atomic mass is 31.2.